The lowest BCUT2D eigenvalue weighted by Gasteiger charge is -2.06. The Kier molecular flexibility index (Phi) is 4.36. The minimum Gasteiger partial charge on any atom is -0.469 e. The Hall–Kier alpha value is -1.63. The molecule has 0 radical (unpaired) electrons. The van der Waals surface area contributed by atoms with Gasteiger partial charge in [-0.3, -0.25) is 4.57 Å². The lowest BCUT2D eigenvalue weighted by molar-refractivity contribution is 0.176. The number of thioether (sulfide) groups is 1. The fourth-order valence-electron chi connectivity index (χ4n) is 1.64. The molecule has 7 heteroatoms. The minimum absolute atomic E-state index is 0.306. The Bertz CT molecular complexity index is 565. The Morgan fingerprint density at radius 1 is 1.53 bits per heavy atom. The third-order valence-corrected chi connectivity index (χ3v) is 3.45. The first-order valence-electron chi connectivity index (χ1n) is 5.63. The van der Waals surface area contributed by atoms with Crippen LogP contribution in [0, 0.1) is 6.92 Å². The second kappa shape index (κ2) is 6.01. The highest BCUT2D eigenvalue weighted by Crippen LogP contribution is 2.27. The molecule has 0 amide bonds. The number of furan rings is 1. The van der Waals surface area contributed by atoms with E-state index in [1.165, 1.54) is 0 Å². The summed E-state index contributed by atoms with van der Waals surface area (Å²) >= 11 is 0.980. The summed E-state index contributed by atoms with van der Waals surface area (Å²) in [6.07, 6.45) is 0.858. The van der Waals surface area contributed by atoms with Gasteiger partial charge in [-0.2, -0.15) is 0 Å². The highest BCUT2D eigenvalue weighted by molar-refractivity contribution is 7.99. The van der Waals surface area contributed by atoms with Crippen LogP contribution in [0.4, 0.5) is 8.78 Å². The van der Waals surface area contributed by atoms with Gasteiger partial charge in [0.05, 0.1) is 17.6 Å². The fraction of sp³-hybridized carbons (Fsp3) is 0.333. The molecule has 0 bridgehead atoms. The molecule has 2 rings (SSSR count). The number of hydrogen-bond acceptors (Lipinski definition) is 4. The van der Waals surface area contributed by atoms with Gasteiger partial charge < -0.3 is 4.42 Å². The molecule has 0 aliphatic heterocycles. The van der Waals surface area contributed by atoms with E-state index in [0.717, 1.165) is 17.3 Å². The molecule has 0 saturated heterocycles. The van der Waals surface area contributed by atoms with Crippen molar-refractivity contribution in [1.82, 2.24) is 14.8 Å². The summed E-state index contributed by atoms with van der Waals surface area (Å²) in [6.45, 7) is 5.93. The van der Waals surface area contributed by atoms with Crippen molar-refractivity contribution < 1.29 is 13.2 Å². The van der Waals surface area contributed by atoms with E-state index >= 15 is 0 Å². The van der Waals surface area contributed by atoms with Crippen molar-refractivity contribution in [3.05, 3.63) is 30.7 Å². The largest absolute Gasteiger partial charge is 0.469 e. The van der Waals surface area contributed by atoms with E-state index in [9.17, 15) is 8.78 Å². The van der Waals surface area contributed by atoms with E-state index in [1.54, 1.807) is 23.0 Å². The third-order valence-electron chi connectivity index (χ3n) is 2.47. The van der Waals surface area contributed by atoms with Crippen LogP contribution in [0.25, 0.3) is 11.4 Å². The van der Waals surface area contributed by atoms with Crippen LogP contribution in [0.3, 0.4) is 0 Å². The van der Waals surface area contributed by atoms with Gasteiger partial charge in [0.25, 0.3) is 0 Å². The summed E-state index contributed by atoms with van der Waals surface area (Å²) in [4.78, 5) is 0. The van der Waals surface area contributed by atoms with Crippen LogP contribution in [-0.4, -0.2) is 26.9 Å². The number of hydrogen-bond donors (Lipinski definition) is 0. The lowest BCUT2D eigenvalue weighted by Crippen LogP contribution is -2.02. The molecule has 102 valence electrons. The molecule has 0 fully saturated rings. The summed E-state index contributed by atoms with van der Waals surface area (Å²) < 4.78 is 31.5. The van der Waals surface area contributed by atoms with Crippen LogP contribution in [0.5, 0.6) is 0 Å². The number of allylic oxidation sites excluding steroid dienone is 1. The molecule has 0 unspecified atom stereocenters. The van der Waals surface area contributed by atoms with E-state index < -0.39 is 6.43 Å². The van der Waals surface area contributed by atoms with Crippen LogP contribution in [-0.2, 0) is 6.54 Å². The normalized spacial score (nSPS) is 11.2. The standard InChI is InChI=1S/C12H13F2N3OS/c1-3-5-17-11(9-4-6-18-8(9)2)15-16-12(17)19-7-10(13)14/h3-4,6,10H,1,5,7H2,2H3. The predicted octanol–water partition coefficient (Wildman–Crippen LogP) is 3.39. The van der Waals surface area contributed by atoms with Crippen molar-refractivity contribution in [1.29, 1.82) is 0 Å². The maximum atomic E-state index is 12.3. The molecule has 0 atom stereocenters. The Morgan fingerprint density at radius 2 is 2.32 bits per heavy atom. The number of alkyl halides is 2. The van der Waals surface area contributed by atoms with Gasteiger partial charge in [0.1, 0.15) is 5.76 Å². The maximum Gasteiger partial charge on any atom is 0.248 e. The number of halogens is 2. The van der Waals surface area contributed by atoms with Gasteiger partial charge in [-0.1, -0.05) is 17.8 Å². The van der Waals surface area contributed by atoms with Crippen LogP contribution >= 0.6 is 11.8 Å². The molecule has 0 aromatic carbocycles. The van der Waals surface area contributed by atoms with E-state index in [-0.39, 0.29) is 5.75 Å². The topological polar surface area (TPSA) is 43.9 Å². The van der Waals surface area contributed by atoms with E-state index in [2.05, 4.69) is 16.8 Å². The Balaban J connectivity index is 2.34. The first-order chi connectivity index (χ1) is 9.13. The fourth-order valence-corrected chi connectivity index (χ4v) is 2.33. The molecule has 0 saturated carbocycles. The van der Waals surface area contributed by atoms with Crippen LogP contribution in [0.1, 0.15) is 5.76 Å². The second-order valence-electron chi connectivity index (χ2n) is 3.80. The Morgan fingerprint density at radius 3 is 2.89 bits per heavy atom. The van der Waals surface area contributed by atoms with Crippen molar-refractivity contribution in [2.24, 2.45) is 0 Å². The van der Waals surface area contributed by atoms with Gasteiger partial charge >= 0.3 is 0 Å². The van der Waals surface area contributed by atoms with Gasteiger partial charge in [0, 0.05) is 6.54 Å². The molecule has 0 aliphatic carbocycles. The number of rotatable bonds is 6. The van der Waals surface area contributed by atoms with Crippen molar-refractivity contribution in [2.75, 3.05) is 5.75 Å². The van der Waals surface area contributed by atoms with Crippen LogP contribution in [0.15, 0.2) is 34.6 Å². The summed E-state index contributed by atoms with van der Waals surface area (Å²) in [5.41, 5.74) is 0.804. The highest BCUT2D eigenvalue weighted by atomic mass is 32.2. The van der Waals surface area contributed by atoms with Crippen molar-refractivity contribution in [3.63, 3.8) is 0 Å². The number of aromatic nitrogens is 3. The number of nitrogens with zero attached hydrogens (tertiary/aromatic N) is 3. The zero-order chi connectivity index (χ0) is 13.8. The molecular weight excluding hydrogens is 272 g/mol. The van der Waals surface area contributed by atoms with Crippen molar-refractivity contribution >= 4 is 11.8 Å². The maximum absolute atomic E-state index is 12.3. The highest BCUT2D eigenvalue weighted by Gasteiger charge is 2.17. The first-order valence-corrected chi connectivity index (χ1v) is 6.61. The van der Waals surface area contributed by atoms with Crippen molar-refractivity contribution in [2.45, 2.75) is 25.1 Å². The van der Waals surface area contributed by atoms with Gasteiger partial charge in [0.2, 0.25) is 6.43 Å². The second-order valence-corrected chi connectivity index (χ2v) is 4.79. The molecule has 19 heavy (non-hydrogen) atoms. The van der Waals surface area contributed by atoms with Crippen LogP contribution < -0.4 is 0 Å². The number of aryl methyl sites for hydroxylation is 1. The quantitative estimate of drug-likeness (QED) is 0.603. The van der Waals surface area contributed by atoms with Gasteiger partial charge in [-0.05, 0) is 13.0 Å². The third kappa shape index (κ3) is 3.04. The monoisotopic (exact) mass is 285 g/mol. The van der Waals surface area contributed by atoms with Crippen molar-refractivity contribution in [3.8, 4) is 11.4 Å². The summed E-state index contributed by atoms with van der Waals surface area (Å²) in [5, 5.41) is 8.47. The molecule has 2 aromatic rings. The SMILES string of the molecule is C=CCn1c(SCC(F)F)nnc1-c1ccoc1C. The molecule has 0 aliphatic rings. The smallest absolute Gasteiger partial charge is 0.248 e. The molecule has 0 spiro atoms. The average Bonchev–Trinajstić information content (AvgIpc) is 2.94. The molecule has 0 N–H and O–H groups in total. The first kappa shape index (κ1) is 13.8. The summed E-state index contributed by atoms with van der Waals surface area (Å²) in [6, 6.07) is 1.78. The van der Waals surface area contributed by atoms with Gasteiger partial charge in [-0.25, -0.2) is 8.78 Å². The zero-order valence-corrected chi connectivity index (χ0v) is 11.2. The van der Waals surface area contributed by atoms with E-state index in [0.29, 0.717) is 23.3 Å². The lowest BCUT2D eigenvalue weighted by atomic mass is 10.2. The molecular formula is C12H13F2N3OS. The molecule has 2 aromatic heterocycles. The van der Waals surface area contributed by atoms with Gasteiger partial charge in [-0.15, -0.1) is 16.8 Å². The van der Waals surface area contributed by atoms with Gasteiger partial charge in [0.15, 0.2) is 11.0 Å². The molecule has 2 heterocycles. The van der Waals surface area contributed by atoms with Crippen LogP contribution in [0.2, 0.25) is 0 Å². The minimum atomic E-state index is -2.38. The zero-order valence-electron chi connectivity index (χ0n) is 10.3. The predicted molar refractivity (Wildman–Crippen MR) is 69.4 cm³/mol. The van der Waals surface area contributed by atoms with E-state index in [4.69, 9.17) is 4.42 Å². The summed E-state index contributed by atoms with van der Waals surface area (Å²) in [5.74, 6) is 1.01. The average molecular weight is 285 g/mol. The van der Waals surface area contributed by atoms with E-state index in [1.807, 2.05) is 6.92 Å². The Labute approximate surface area is 113 Å². The summed E-state index contributed by atoms with van der Waals surface area (Å²) in [7, 11) is 0. The molecule has 4 nitrogen and oxygen atoms in total.